The Morgan fingerprint density at radius 1 is 1.08 bits per heavy atom. The lowest BCUT2D eigenvalue weighted by Crippen LogP contribution is -2.44. The van der Waals surface area contributed by atoms with E-state index in [0.717, 1.165) is 5.69 Å². The Balaban J connectivity index is 1.39. The van der Waals surface area contributed by atoms with Crippen molar-refractivity contribution in [2.45, 2.75) is 25.7 Å². The number of carbonyl (C=O) groups is 1. The second kappa shape index (κ2) is 6.87. The fourth-order valence-corrected chi connectivity index (χ4v) is 2.65. The fourth-order valence-electron chi connectivity index (χ4n) is 2.65. The predicted octanol–water partition coefficient (Wildman–Crippen LogP) is 2.54. The van der Waals surface area contributed by atoms with Gasteiger partial charge in [0.25, 0.3) is 0 Å². The number of ether oxygens (including phenoxy) is 3. The molecule has 7 nitrogen and oxygen atoms in total. The van der Waals surface area contributed by atoms with Crippen molar-refractivity contribution in [2.24, 2.45) is 0 Å². The first-order chi connectivity index (χ1) is 12.7. The van der Waals surface area contributed by atoms with Gasteiger partial charge in [-0.05, 0) is 31.2 Å². The number of hydrogen-bond acceptors (Lipinski definition) is 6. The molecule has 4 rings (SSSR count). The van der Waals surface area contributed by atoms with E-state index in [9.17, 15) is 4.79 Å². The summed E-state index contributed by atoms with van der Waals surface area (Å²) in [5.41, 5.74) is 1.38. The molecule has 1 aliphatic rings. The van der Waals surface area contributed by atoms with Crippen LogP contribution < -0.4 is 9.47 Å². The molecule has 0 radical (unpaired) electrons. The third-order valence-electron chi connectivity index (χ3n) is 3.96. The van der Waals surface area contributed by atoms with Gasteiger partial charge in [0, 0.05) is 0 Å². The highest BCUT2D eigenvalue weighted by molar-refractivity contribution is 5.76. The van der Waals surface area contributed by atoms with E-state index in [0.29, 0.717) is 17.2 Å². The van der Waals surface area contributed by atoms with Crippen LogP contribution in [0.25, 0.3) is 5.69 Å². The minimum atomic E-state index is -0.825. The molecule has 0 saturated carbocycles. The van der Waals surface area contributed by atoms with E-state index in [1.807, 2.05) is 42.5 Å². The number of aromatic nitrogens is 3. The van der Waals surface area contributed by atoms with Crippen LogP contribution in [0, 0.1) is 0 Å². The van der Waals surface area contributed by atoms with Crippen LogP contribution in [-0.2, 0) is 16.1 Å². The van der Waals surface area contributed by atoms with Crippen molar-refractivity contribution in [1.82, 2.24) is 15.0 Å². The summed E-state index contributed by atoms with van der Waals surface area (Å²) < 4.78 is 16.8. The average Bonchev–Trinajstić information content (AvgIpc) is 3.15. The summed E-state index contributed by atoms with van der Waals surface area (Å²) >= 11 is 0. The SMILES string of the molecule is C[C@H]1Oc2ccccc2O[C@H]1C(=O)OCc1cnn(-c2ccccc2)n1. The number of para-hydroxylation sites is 3. The summed E-state index contributed by atoms with van der Waals surface area (Å²) in [6, 6.07) is 16.7. The van der Waals surface area contributed by atoms with Gasteiger partial charge in [0.2, 0.25) is 6.10 Å². The standard InChI is InChI=1S/C19H17N3O4/c1-13-18(26-17-10-6-5-9-16(17)25-13)19(23)24-12-14-11-20-22(21-14)15-7-3-2-4-8-15/h2-11,13,18H,12H2,1H3/t13-,18-/m1/s1. The minimum absolute atomic E-state index is 0.0138. The largest absolute Gasteiger partial charge is 0.482 e. The van der Waals surface area contributed by atoms with E-state index in [4.69, 9.17) is 14.2 Å². The Morgan fingerprint density at radius 2 is 1.77 bits per heavy atom. The van der Waals surface area contributed by atoms with Crippen molar-refractivity contribution in [3.05, 3.63) is 66.5 Å². The van der Waals surface area contributed by atoms with Gasteiger partial charge in [-0.2, -0.15) is 9.90 Å². The Morgan fingerprint density at radius 3 is 2.54 bits per heavy atom. The number of nitrogens with zero attached hydrogens (tertiary/aromatic N) is 3. The van der Waals surface area contributed by atoms with E-state index in [-0.39, 0.29) is 6.61 Å². The number of rotatable bonds is 4. The van der Waals surface area contributed by atoms with Gasteiger partial charge in [-0.3, -0.25) is 0 Å². The molecule has 2 heterocycles. The smallest absolute Gasteiger partial charge is 0.351 e. The van der Waals surface area contributed by atoms with Crippen LogP contribution in [0.1, 0.15) is 12.6 Å². The van der Waals surface area contributed by atoms with E-state index in [1.165, 1.54) is 4.80 Å². The highest BCUT2D eigenvalue weighted by Crippen LogP contribution is 2.33. The zero-order chi connectivity index (χ0) is 17.9. The summed E-state index contributed by atoms with van der Waals surface area (Å²) in [5.74, 6) is 0.652. The molecule has 0 spiro atoms. The normalized spacial score (nSPS) is 18.3. The Hall–Kier alpha value is -3.35. The van der Waals surface area contributed by atoms with Crippen molar-refractivity contribution in [2.75, 3.05) is 0 Å². The highest BCUT2D eigenvalue weighted by atomic mass is 16.6. The fraction of sp³-hybridized carbons (Fsp3) is 0.211. The van der Waals surface area contributed by atoms with Gasteiger partial charge in [-0.25, -0.2) is 4.79 Å². The van der Waals surface area contributed by atoms with Gasteiger partial charge in [0.05, 0.1) is 11.9 Å². The highest BCUT2D eigenvalue weighted by Gasteiger charge is 2.35. The average molecular weight is 351 g/mol. The van der Waals surface area contributed by atoms with Crippen LogP contribution in [0.5, 0.6) is 11.5 Å². The maximum atomic E-state index is 12.4. The number of fused-ring (bicyclic) bond motifs is 1. The number of esters is 1. The topological polar surface area (TPSA) is 75.5 Å². The predicted molar refractivity (Wildman–Crippen MR) is 92.1 cm³/mol. The number of hydrogen-bond donors (Lipinski definition) is 0. The third-order valence-corrected chi connectivity index (χ3v) is 3.96. The maximum Gasteiger partial charge on any atom is 0.351 e. The van der Waals surface area contributed by atoms with Crippen molar-refractivity contribution >= 4 is 5.97 Å². The van der Waals surface area contributed by atoms with Gasteiger partial charge in [-0.15, -0.1) is 5.10 Å². The molecule has 7 heteroatoms. The molecule has 0 N–H and O–H groups in total. The first-order valence-corrected chi connectivity index (χ1v) is 8.26. The Kier molecular flexibility index (Phi) is 4.27. The van der Waals surface area contributed by atoms with Gasteiger partial charge in [-0.1, -0.05) is 30.3 Å². The molecule has 0 saturated heterocycles. The summed E-state index contributed by atoms with van der Waals surface area (Å²) in [6.45, 7) is 1.79. The lowest BCUT2D eigenvalue weighted by Gasteiger charge is -2.30. The Labute approximate surface area is 150 Å². The molecular weight excluding hydrogens is 334 g/mol. The van der Waals surface area contributed by atoms with E-state index in [2.05, 4.69) is 10.2 Å². The molecule has 2 atom stereocenters. The quantitative estimate of drug-likeness (QED) is 0.673. The second-order valence-corrected chi connectivity index (χ2v) is 5.88. The molecule has 0 aliphatic carbocycles. The summed E-state index contributed by atoms with van der Waals surface area (Å²) in [5, 5.41) is 8.49. The molecule has 26 heavy (non-hydrogen) atoms. The van der Waals surface area contributed by atoms with Crippen LogP contribution in [0.2, 0.25) is 0 Å². The molecule has 2 aromatic carbocycles. The minimum Gasteiger partial charge on any atom is -0.482 e. The van der Waals surface area contributed by atoms with Crippen LogP contribution >= 0.6 is 0 Å². The van der Waals surface area contributed by atoms with E-state index < -0.39 is 18.2 Å². The molecule has 1 aliphatic heterocycles. The first-order valence-electron chi connectivity index (χ1n) is 8.26. The zero-order valence-corrected chi connectivity index (χ0v) is 14.1. The molecule has 0 amide bonds. The number of carbonyl (C=O) groups excluding carboxylic acids is 1. The summed E-state index contributed by atoms with van der Waals surface area (Å²) in [4.78, 5) is 13.9. The van der Waals surface area contributed by atoms with Gasteiger partial charge in [0.15, 0.2) is 11.5 Å². The van der Waals surface area contributed by atoms with E-state index >= 15 is 0 Å². The van der Waals surface area contributed by atoms with E-state index in [1.54, 1.807) is 25.3 Å². The maximum absolute atomic E-state index is 12.4. The molecule has 0 unspecified atom stereocenters. The van der Waals surface area contributed by atoms with Crippen LogP contribution in [0.4, 0.5) is 0 Å². The van der Waals surface area contributed by atoms with Crippen LogP contribution in [-0.4, -0.2) is 33.2 Å². The zero-order valence-electron chi connectivity index (χ0n) is 14.1. The van der Waals surface area contributed by atoms with Gasteiger partial charge in [0.1, 0.15) is 18.4 Å². The Bertz CT molecular complexity index is 910. The molecule has 0 fully saturated rings. The van der Waals surface area contributed by atoms with Crippen molar-refractivity contribution in [3.8, 4) is 17.2 Å². The first kappa shape index (κ1) is 16.1. The molecule has 3 aromatic rings. The van der Waals surface area contributed by atoms with Crippen molar-refractivity contribution < 1.29 is 19.0 Å². The van der Waals surface area contributed by atoms with Gasteiger partial charge >= 0.3 is 5.97 Å². The van der Waals surface area contributed by atoms with Crippen LogP contribution in [0.15, 0.2) is 60.8 Å². The van der Waals surface area contributed by atoms with Gasteiger partial charge < -0.3 is 14.2 Å². The third kappa shape index (κ3) is 3.23. The molecule has 0 bridgehead atoms. The monoisotopic (exact) mass is 351 g/mol. The van der Waals surface area contributed by atoms with Crippen LogP contribution in [0.3, 0.4) is 0 Å². The summed E-state index contributed by atoms with van der Waals surface area (Å²) in [6.07, 6.45) is 0.295. The second-order valence-electron chi connectivity index (χ2n) is 5.88. The lowest BCUT2D eigenvalue weighted by atomic mass is 10.2. The van der Waals surface area contributed by atoms with Crippen molar-refractivity contribution in [3.63, 3.8) is 0 Å². The summed E-state index contributed by atoms with van der Waals surface area (Å²) in [7, 11) is 0. The lowest BCUT2D eigenvalue weighted by molar-refractivity contribution is -0.159. The molecule has 132 valence electrons. The molecule has 1 aromatic heterocycles. The number of benzene rings is 2. The van der Waals surface area contributed by atoms with Crippen molar-refractivity contribution in [1.29, 1.82) is 0 Å². The molecular formula is C19H17N3O4.